The van der Waals surface area contributed by atoms with Gasteiger partial charge in [-0.05, 0) is 12.3 Å². The van der Waals surface area contributed by atoms with Crippen LogP contribution in [0.15, 0.2) is 6.33 Å². The second-order valence-electron chi connectivity index (χ2n) is 5.48. The molecule has 0 radical (unpaired) electrons. The maximum absolute atomic E-state index is 6.15. The summed E-state index contributed by atoms with van der Waals surface area (Å²) < 4.78 is 8.07. The van der Waals surface area contributed by atoms with Crippen molar-refractivity contribution in [3.05, 3.63) is 6.33 Å². The Morgan fingerprint density at radius 1 is 1.25 bits per heavy atom. The third kappa shape index (κ3) is 1.81. The number of rotatable bonds is 2. The van der Waals surface area contributed by atoms with Gasteiger partial charge in [-0.25, -0.2) is 4.98 Å². The topological polar surface area (TPSA) is 105 Å². The second kappa shape index (κ2) is 4.59. The molecule has 2 aromatic rings. The van der Waals surface area contributed by atoms with Crippen LogP contribution in [-0.4, -0.2) is 25.6 Å². The Bertz CT molecular complexity index is 639. The molecule has 2 aromatic heterocycles. The summed E-state index contributed by atoms with van der Waals surface area (Å²) in [7, 11) is 0. The van der Waals surface area contributed by atoms with Gasteiger partial charge in [-0.3, -0.25) is 4.57 Å². The van der Waals surface area contributed by atoms with Gasteiger partial charge in [0.15, 0.2) is 11.5 Å². The predicted octanol–water partition coefficient (Wildman–Crippen LogP) is 1.57. The molecule has 0 spiro atoms. The van der Waals surface area contributed by atoms with Crippen molar-refractivity contribution >= 4 is 22.9 Å². The Labute approximate surface area is 117 Å². The smallest absolute Gasteiger partial charge is 0.224 e. The molecule has 1 aliphatic rings. The number of nitrogens with zero attached hydrogens (tertiary/aromatic N) is 4. The molecule has 1 aliphatic heterocycles. The number of fused-ring (bicyclic) bond motifs is 1. The summed E-state index contributed by atoms with van der Waals surface area (Å²) in [5.41, 5.74) is 12.7. The number of imidazole rings is 1. The zero-order chi connectivity index (χ0) is 14.4. The van der Waals surface area contributed by atoms with Gasteiger partial charge in [0.2, 0.25) is 5.95 Å². The van der Waals surface area contributed by atoms with E-state index in [-0.39, 0.29) is 18.3 Å². The summed E-state index contributed by atoms with van der Waals surface area (Å²) in [5.74, 6) is 1.31. The summed E-state index contributed by atoms with van der Waals surface area (Å²) in [4.78, 5) is 12.5. The van der Waals surface area contributed by atoms with E-state index in [4.69, 9.17) is 16.2 Å². The number of aromatic nitrogens is 4. The van der Waals surface area contributed by atoms with Crippen molar-refractivity contribution in [1.82, 2.24) is 19.5 Å². The Balaban J connectivity index is 2.07. The largest absolute Gasteiger partial charge is 0.382 e. The average Bonchev–Trinajstić information content (AvgIpc) is 2.93. The third-order valence-electron chi connectivity index (χ3n) is 4.32. The van der Waals surface area contributed by atoms with Crippen LogP contribution in [0.4, 0.5) is 11.8 Å². The number of hydrogen-bond donors (Lipinski definition) is 2. The summed E-state index contributed by atoms with van der Waals surface area (Å²) in [5, 5.41) is 0. The van der Waals surface area contributed by atoms with E-state index in [1.807, 2.05) is 4.57 Å². The molecule has 3 rings (SSSR count). The van der Waals surface area contributed by atoms with E-state index in [0.717, 1.165) is 6.42 Å². The first kappa shape index (κ1) is 13.1. The minimum absolute atomic E-state index is 0.0892. The summed E-state index contributed by atoms with van der Waals surface area (Å²) in [6.07, 6.45) is 2.87. The Morgan fingerprint density at radius 2 is 2.00 bits per heavy atom. The molecular weight excluding hydrogens is 256 g/mol. The normalized spacial score (nSPS) is 30.1. The van der Waals surface area contributed by atoms with Gasteiger partial charge in [-0.15, -0.1) is 0 Å². The van der Waals surface area contributed by atoms with Crippen molar-refractivity contribution in [2.24, 2.45) is 11.8 Å². The van der Waals surface area contributed by atoms with Crippen molar-refractivity contribution in [3.8, 4) is 0 Å². The van der Waals surface area contributed by atoms with Crippen molar-refractivity contribution in [3.63, 3.8) is 0 Å². The first-order chi connectivity index (χ1) is 9.52. The first-order valence-corrected chi connectivity index (χ1v) is 6.94. The quantitative estimate of drug-likeness (QED) is 0.862. The second-order valence-corrected chi connectivity index (χ2v) is 5.48. The summed E-state index contributed by atoms with van der Waals surface area (Å²) in [6, 6.07) is 0. The molecule has 3 heterocycles. The molecule has 0 bridgehead atoms. The van der Waals surface area contributed by atoms with E-state index in [2.05, 4.69) is 35.7 Å². The van der Waals surface area contributed by atoms with Gasteiger partial charge < -0.3 is 16.2 Å². The van der Waals surface area contributed by atoms with Gasteiger partial charge >= 0.3 is 0 Å². The fourth-order valence-corrected chi connectivity index (χ4v) is 2.95. The highest BCUT2D eigenvalue weighted by molar-refractivity contribution is 5.82. The zero-order valence-corrected chi connectivity index (χ0v) is 11.9. The number of nitrogens with two attached hydrogens (primary N) is 2. The lowest BCUT2D eigenvalue weighted by molar-refractivity contribution is -0.0120. The Hall–Kier alpha value is -1.89. The van der Waals surface area contributed by atoms with Gasteiger partial charge in [0, 0.05) is 5.92 Å². The average molecular weight is 276 g/mol. The monoisotopic (exact) mass is 276 g/mol. The van der Waals surface area contributed by atoms with Crippen LogP contribution in [0.1, 0.15) is 33.4 Å². The maximum Gasteiger partial charge on any atom is 0.224 e. The van der Waals surface area contributed by atoms with Crippen LogP contribution in [0, 0.1) is 11.8 Å². The molecule has 4 N–H and O–H groups in total. The number of nitrogen functional groups attached to an aromatic ring is 2. The van der Waals surface area contributed by atoms with E-state index in [1.54, 1.807) is 6.33 Å². The molecule has 1 saturated heterocycles. The maximum atomic E-state index is 6.15. The van der Waals surface area contributed by atoms with Crippen LogP contribution in [0.25, 0.3) is 11.2 Å². The van der Waals surface area contributed by atoms with E-state index in [1.165, 1.54) is 0 Å². The molecule has 7 nitrogen and oxygen atoms in total. The highest BCUT2D eigenvalue weighted by Crippen LogP contribution is 2.41. The van der Waals surface area contributed by atoms with Crippen molar-refractivity contribution in [1.29, 1.82) is 0 Å². The fraction of sp³-hybridized carbons (Fsp3) is 0.615. The van der Waals surface area contributed by atoms with Crippen LogP contribution in [0.5, 0.6) is 0 Å². The summed E-state index contributed by atoms with van der Waals surface area (Å²) in [6.45, 7) is 6.54. The summed E-state index contributed by atoms with van der Waals surface area (Å²) >= 11 is 0. The minimum Gasteiger partial charge on any atom is -0.382 e. The zero-order valence-electron chi connectivity index (χ0n) is 11.9. The van der Waals surface area contributed by atoms with Gasteiger partial charge in [0.1, 0.15) is 11.7 Å². The molecule has 20 heavy (non-hydrogen) atoms. The number of anilines is 2. The minimum atomic E-state index is -0.0892. The van der Waals surface area contributed by atoms with Gasteiger partial charge in [0.25, 0.3) is 0 Å². The SMILES string of the molecule is CC[C@H]1O[C@@H](n2cnc3c(N)nc(N)nc32)[C@H](C)[C@@H]1C. The Morgan fingerprint density at radius 3 is 2.65 bits per heavy atom. The lowest BCUT2D eigenvalue weighted by Gasteiger charge is -2.18. The molecular formula is C13H20N6O. The highest BCUT2D eigenvalue weighted by atomic mass is 16.5. The number of hydrogen-bond acceptors (Lipinski definition) is 6. The standard InChI is InChI=1S/C13H20N6O/c1-4-8-6(2)7(3)12(20-8)19-5-16-9-10(14)17-13(15)18-11(9)19/h5-8,12H,4H2,1-3H3,(H4,14,15,17,18)/t6-,7+,8+,12+/m0/s1. The van der Waals surface area contributed by atoms with E-state index >= 15 is 0 Å². The molecule has 0 aromatic carbocycles. The van der Waals surface area contributed by atoms with Crippen molar-refractivity contribution < 1.29 is 4.74 Å². The van der Waals surface area contributed by atoms with Gasteiger partial charge in [-0.2, -0.15) is 9.97 Å². The molecule has 4 atom stereocenters. The van der Waals surface area contributed by atoms with Crippen molar-refractivity contribution in [2.75, 3.05) is 11.5 Å². The van der Waals surface area contributed by atoms with E-state index in [9.17, 15) is 0 Å². The molecule has 1 fully saturated rings. The fourth-order valence-electron chi connectivity index (χ4n) is 2.95. The molecule has 0 amide bonds. The van der Waals surface area contributed by atoms with E-state index in [0.29, 0.717) is 28.8 Å². The molecule has 108 valence electrons. The van der Waals surface area contributed by atoms with Crippen LogP contribution < -0.4 is 11.5 Å². The van der Waals surface area contributed by atoms with Crippen LogP contribution >= 0.6 is 0 Å². The predicted molar refractivity (Wildman–Crippen MR) is 76.7 cm³/mol. The molecule has 0 aliphatic carbocycles. The van der Waals surface area contributed by atoms with Crippen LogP contribution in [0.3, 0.4) is 0 Å². The van der Waals surface area contributed by atoms with Crippen molar-refractivity contribution in [2.45, 2.75) is 39.5 Å². The van der Waals surface area contributed by atoms with Gasteiger partial charge in [0.05, 0.1) is 12.4 Å². The first-order valence-electron chi connectivity index (χ1n) is 6.94. The number of ether oxygens (including phenoxy) is 1. The van der Waals surface area contributed by atoms with E-state index < -0.39 is 0 Å². The van der Waals surface area contributed by atoms with Crippen LogP contribution in [0.2, 0.25) is 0 Å². The lowest BCUT2D eigenvalue weighted by Crippen LogP contribution is -2.16. The highest BCUT2D eigenvalue weighted by Gasteiger charge is 2.39. The Kier molecular flexibility index (Phi) is 3.01. The third-order valence-corrected chi connectivity index (χ3v) is 4.32. The lowest BCUT2D eigenvalue weighted by atomic mass is 9.91. The van der Waals surface area contributed by atoms with Gasteiger partial charge in [-0.1, -0.05) is 20.8 Å². The molecule has 7 heteroatoms. The molecule has 0 unspecified atom stereocenters. The molecule has 0 saturated carbocycles. The van der Waals surface area contributed by atoms with Crippen LogP contribution in [-0.2, 0) is 4.74 Å².